The first kappa shape index (κ1) is 29.2. The van der Waals surface area contributed by atoms with E-state index in [1.807, 2.05) is 37.3 Å². The molecular formula is C27H28F3N3O6. The fourth-order valence-corrected chi connectivity index (χ4v) is 3.53. The van der Waals surface area contributed by atoms with Crippen molar-refractivity contribution in [2.24, 2.45) is 0 Å². The second-order valence-corrected chi connectivity index (χ2v) is 8.38. The van der Waals surface area contributed by atoms with E-state index in [2.05, 4.69) is 15.0 Å². The predicted octanol–water partition coefficient (Wildman–Crippen LogP) is 3.54. The molecule has 0 aliphatic heterocycles. The van der Waals surface area contributed by atoms with Crippen LogP contribution in [0.25, 0.3) is 11.5 Å². The van der Waals surface area contributed by atoms with E-state index in [9.17, 15) is 27.6 Å². The van der Waals surface area contributed by atoms with Crippen LogP contribution in [-0.4, -0.2) is 54.7 Å². The highest BCUT2D eigenvalue weighted by Gasteiger charge is 2.40. The van der Waals surface area contributed by atoms with Gasteiger partial charge in [0.25, 0.3) is 0 Å². The molecule has 2 aromatic carbocycles. The van der Waals surface area contributed by atoms with Crippen LogP contribution in [0.5, 0.6) is 5.75 Å². The zero-order valence-corrected chi connectivity index (χ0v) is 21.3. The van der Waals surface area contributed by atoms with Gasteiger partial charge in [-0.1, -0.05) is 30.3 Å². The molecule has 0 spiro atoms. The number of benzene rings is 2. The lowest BCUT2D eigenvalue weighted by molar-refractivity contribution is -0.174. The van der Waals surface area contributed by atoms with E-state index < -0.39 is 36.5 Å². The molecule has 0 aliphatic carbocycles. The number of esters is 1. The highest BCUT2D eigenvalue weighted by Crippen LogP contribution is 2.22. The third-order valence-corrected chi connectivity index (χ3v) is 5.48. The third kappa shape index (κ3) is 8.87. The van der Waals surface area contributed by atoms with Gasteiger partial charge in [-0.05, 0) is 43.7 Å². The largest absolute Gasteiger partial charge is 0.493 e. The maximum Gasteiger partial charge on any atom is 0.471 e. The first-order valence-electron chi connectivity index (χ1n) is 12.1. The molecule has 208 valence electrons. The molecule has 2 N–H and O–H groups in total. The Morgan fingerprint density at radius 2 is 1.74 bits per heavy atom. The van der Waals surface area contributed by atoms with Crippen molar-refractivity contribution in [1.29, 1.82) is 0 Å². The van der Waals surface area contributed by atoms with E-state index in [-0.39, 0.29) is 13.0 Å². The molecule has 0 saturated carbocycles. The van der Waals surface area contributed by atoms with Gasteiger partial charge in [0.05, 0.1) is 18.9 Å². The van der Waals surface area contributed by atoms with Crippen LogP contribution in [0.15, 0.2) is 59.0 Å². The van der Waals surface area contributed by atoms with E-state index in [4.69, 9.17) is 9.15 Å². The number of nitrogens with zero attached hydrogens (tertiary/aromatic N) is 1. The Hall–Kier alpha value is -4.35. The maximum atomic E-state index is 12.8. The third-order valence-electron chi connectivity index (χ3n) is 5.48. The summed E-state index contributed by atoms with van der Waals surface area (Å²) in [6, 6.07) is 14.2. The number of aromatic nitrogens is 1. The molecule has 1 atom stereocenters. The minimum absolute atomic E-state index is 0.0737. The van der Waals surface area contributed by atoms with Crippen LogP contribution in [0.4, 0.5) is 13.2 Å². The Labute approximate surface area is 222 Å². The molecule has 2 amide bonds. The molecule has 1 aromatic heterocycles. The monoisotopic (exact) mass is 547 g/mol. The summed E-state index contributed by atoms with van der Waals surface area (Å²) in [5.41, 5.74) is 2.08. The number of rotatable bonds is 12. The standard InChI is InChI=1S/C27H28F3N3O6/c1-3-37-23(34)16-31-24(35)22(33-26(36)27(28,29)30)15-18-9-11-20(12-10-18)38-14-13-21-17(2)39-25(32-21)19-7-5-4-6-8-19/h4-12,22H,3,13-16H2,1-2H3,(H,31,35)(H,33,36). The van der Waals surface area contributed by atoms with Crippen LogP contribution < -0.4 is 15.4 Å². The highest BCUT2D eigenvalue weighted by atomic mass is 19.4. The molecule has 0 bridgehead atoms. The Morgan fingerprint density at radius 1 is 1.05 bits per heavy atom. The average molecular weight is 548 g/mol. The van der Waals surface area contributed by atoms with Crippen molar-refractivity contribution < 1.29 is 41.4 Å². The summed E-state index contributed by atoms with van der Waals surface area (Å²) in [6.07, 6.45) is -4.95. The molecule has 9 nitrogen and oxygen atoms in total. The fraction of sp³-hybridized carbons (Fsp3) is 0.333. The number of carbonyl (C=O) groups is 3. The van der Waals surface area contributed by atoms with Gasteiger partial charge in [0, 0.05) is 18.4 Å². The first-order valence-corrected chi connectivity index (χ1v) is 12.1. The number of hydrogen-bond donors (Lipinski definition) is 2. The van der Waals surface area contributed by atoms with Crippen molar-refractivity contribution in [3.63, 3.8) is 0 Å². The van der Waals surface area contributed by atoms with E-state index in [1.54, 1.807) is 36.5 Å². The summed E-state index contributed by atoms with van der Waals surface area (Å²) in [4.78, 5) is 39.9. The summed E-state index contributed by atoms with van der Waals surface area (Å²) >= 11 is 0. The van der Waals surface area contributed by atoms with Gasteiger partial charge in [0.1, 0.15) is 24.1 Å². The molecule has 3 aromatic rings. The molecule has 1 unspecified atom stereocenters. The summed E-state index contributed by atoms with van der Waals surface area (Å²) in [7, 11) is 0. The van der Waals surface area contributed by atoms with Gasteiger partial charge in [0.15, 0.2) is 0 Å². The van der Waals surface area contributed by atoms with Crippen LogP contribution in [0.3, 0.4) is 0 Å². The van der Waals surface area contributed by atoms with Crippen LogP contribution in [-0.2, 0) is 32.0 Å². The number of ether oxygens (including phenoxy) is 2. The van der Waals surface area contributed by atoms with E-state index in [0.717, 1.165) is 11.3 Å². The number of oxazole rings is 1. The van der Waals surface area contributed by atoms with Crippen molar-refractivity contribution in [3.8, 4) is 17.2 Å². The number of halogens is 3. The molecule has 39 heavy (non-hydrogen) atoms. The molecule has 12 heteroatoms. The van der Waals surface area contributed by atoms with Gasteiger partial charge in [-0.2, -0.15) is 13.2 Å². The van der Waals surface area contributed by atoms with E-state index in [0.29, 0.717) is 36.0 Å². The van der Waals surface area contributed by atoms with Crippen molar-refractivity contribution in [1.82, 2.24) is 15.6 Å². The Balaban J connectivity index is 1.58. The number of hydrogen-bond acceptors (Lipinski definition) is 7. The second-order valence-electron chi connectivity index (χ2n) is 8.38. The average Bonchev–Trinajstić information content (AvgIpc) is 3.28. The number of aryl methyl sites for hydroxylation is 1. The lowest BCUT2D eigenvalue weighted by Crippen LogP contribution is -2.52. The smallest absolute Gasteiger partial charge is 0.471 e. The SMILES string of the molecule is CCOC(=O)CNC(=O)C(Cc1ccc(OCCc2nc(-c3ccccc3)oc2C)cc1)NC(=O)C(F)(F)F. The van der Waals surface area contributed by atoms with Crippen molar-refractivity contribution in [2.45, 2.75) is 38.9 Å². The number of carbonyl (C=O) groups excluding carboxylic acids is 3. The molecule has 0 aliphatic rings. The molecule has 0 saturated heterocycles. The Morgan fingerprint density at radius 3 is 2.38 bits per heavy atom. The minimum atomic E-state index is -5.18. The van der Waals surface area contributed by atoms with Gasteiger partial charge in [-0.25, -0.2) is 4.98 Å². The molecule has 3 rings (SSSR count). The van der Waals surface area contributed by atoms with E-state index in [1.165, 1.54) is 0 Å². The molecule has 0 radical (unpaired) electrons. The maximum absolute atomic E-state index is 12.8. The summed E-state index contributed by atoms with van der Waals surface area (Å²) in [5, 5.41) is 3.85. The first-order chi connectivity index (χ1) is 18.6. The minimum Gasteiger partial charge on any atom is -0.493 e. The molecule has 1 heterocycles. The zero-order chi connectivity index (χ0) is 28.4. The van der Waals surface area contributed by atoms with Crippen LogP contribution in [0.1, 0.15) is 23.9 Å². The molecule has 0 fully saturated rings. The summed E-state index contributed by atoms with van der Waals surface area (Å²) in [6.45, 7) is 3.21. The predicted molar refractivity (Wildman–Crippen MR) is 134 cm³/mol. The Kier molecular flexibility index (Phi) is 10.1. The van der Waals surface area contributed by atoms with Crippen molar-refractivity contribution in [3.05, 3.63) is 71.6 Å². The Bertz CT molecular complexity index is 1260. The highest BCUT2D eigenvalue weighted by molar-refractivity contribution is 5.91. The second kappa shape index (κ2) is 13.4. The van der Waals surface area contributed by atoms with Crippen LogP contribution >= 0.6 is 0 Å². The topological polar surface area (TPSA) is 120 Å². The number of nitrogens with one attached hydrogen (secondary N) is 2. The number of alkyl halides is 3. The van der Waals surface area contributed by atoms with Crippen molar-refractivity contribution in [2.75, 3.05) is 19.8 Å². The lowest BCUT2D eigenvalue weighted by Gasteiger charge is -2.19. The zero-order valence-electron chi connectivity index (χ0n) is 21.3. The van der Waals surface area contributed by atoms with Crippen LogP contribution in [0, 0.1) is 6.92 Å². The van der Waals surface area contributed by atoms with Gasteiger partial charge < -0.3 is 24.5 Å². The quantitative estimate of drug-likeness (QED) is 0.333. The normalized spacial score (nSPS) is 11.9. The summed E-state index contributed by atoms with van der Waals surface area (Å²) < 4.78 is 54.5. The lowest BCUT2D eigenvalue weighted by atomic mass is 10.0. The van der Waals surface area contributed by atoms with Gasteiger partial charge in [0.2, 0.25) is 11.8 Å². The molecular weight excluding hydrogens is 519 g/mol. The van der Waals surface area contributed by atoms with Gasteiger partial charge in [-0.15, -0.1) is 0 Å². The van der Waals surface area contributed by atoms with Crippen LogP contribution in [0.2, 0.25) is 0 Å². The van der Waals surface area contributed by atoms with E-state index >= 15 is 0 Å². The van der Waals surface area contributed by atoms with Gasteiger partial charge in [-0.3, -0.25) is 14.4 Å². The van der Waals surface area contributed by atoms with Crippen molar-refractivity contribution >= 4 is 17.8 Å². The van der Waals surface area contributed by atoms with Gasteiger partial charge >= 0.3 is 18.1 Å². The fourth-order valence-electron chi connectivity index (χ4n) is 3.53. The number of amides is 2. The summed E-state index contributed by atoms with van der Waals surface area (Å²) in [5.74, 6) is -2.29.